The number of carbonyl (C=O) groups excluding carboxylic acids is 1. The molecule has 4 rings (SSSR count). The Labute approximate surface area is 190 Å². The highest BCUT2D eigenvalue weighted by atomic mass is 16.5. The Kier molecular flexibility index (Phi) is 7.28. The first kappa shape index (κ1) is 22.2. The third kappa shape index (κ3) is 5.80. The van der Waals surface area contributed by atoms with Gasteiger partial charge in [-0.3, -0.25) is 9.69 Å². The third-order valence-electron chi connectivity index (χ3n) is 6.16. The molecule has 0 spiro atoms. The number of furan rings is 1. The van der Waals surface area contributed by atoms with Gasteiger partial charge < -0.3 is 14.5 Å². The molecule has 1 aliphatic rings. The van der Waals surface area contributed by atoms with Crippen LogP contribution in [0.4, 0.5) is 5.69 Å². The molecule has 0 bridgehead atoms. The summed E-state index contributed by atoms with van der Waals surface area (Å²) in [4.78, 5) is 15.1. The van der Waals surface area contributed by atoms with Crippen LogP contribution in [0.5, 0.6) is 5.75 Å². The number of amides is 1. The molecule has 1 N–H and O–H groups in total. The van der Waals surface area contributed by atoms with Crippen molar-refractivity contribution in [2.45, 2.75) is 58.2 Å². The highest BCUT2D eigenvalue weighted by Crippen LogP contribution is 2.27. The van der Waals surface area contributed by atoms with E-state index in [9.17, 15) is 4.79 Å². The van der Waals surface area contributed by atoms with E-state index in [1.54, 1.807) is 13.2 Å². The van der Waals surface area contributed by atoms with Gasteiger partial charge in [-0.1, -0.05) is 49.1 Å². The molecule has 0 saturated heterocycles. The van der Waals surface area contributed by atoms with Crippen LogP contribution in [0.2, 0.25) is 0 Å². The third-order valence-corrected chi connectivity index (χ3v) is 6.16. The Morgan fingerprint density at radius 2 is 1.81 bits per heavy atom. The van der Waals surface area contributed by atoms with Gasteiger partial charge in [0.1, 0.15) is 11.5 Å². The maximum Gasteiger partial charge on any atom is 0.291 e. The van der Waals surface area contributed by atoms with Crippen molar-refractivity contribution in [2.75, 3.05) is 12.4 Å². The molecule has 1 fully saturated rings. The lowest BCUT2D eigenvalue weighted by molar-refractivity contribution is 0.0985. The van der Waals surface area contributed by atoms with Crippen LogP contribution < -0.4 is 10.1 Å². The van der Waals surface area contributed by atoms with Gasteiger partial charge >= 0.3 is 0 Å². The van der Waals surface area contributed by atoms with Gasteiger partial charge in [0, 0.05) is 18.3 Å². The molecule has 32 heavy (non-hydrogen) atoms. The zero-order valence-corrected chi connectivity index (χ0v) is 19.0. The van der Waals surface area contributed by atoms with Crippen LogP contribution in [0.3, 0.4) is 0 Å². The number of nitrogens with zero attached hydrogens (tertiary/aromatic N) is 1. The molecule has 1 aromatic heterocycles. The van der Waals surface area contributed by atoms with Crippen LogP contribution in [-0.2, 0) is 13.1 Å². The lowest BCUT2D eigenvalue weighted by Gasteiger charge is -2.34. The fourth-order valence-electron chi connectivity index (χ4n) is 4.38. The van der Waals surface area contributed by atoms with Gasteiger partial charge in [0.25, 0.3) is 5.91 Å². The van der Waals surface area contributed by atoms with Gasteiger partial charge in [-0.15, -0.1) is 0 Å². The molecule has 2 aromatic carbocycles. The quantitative estimate of drug-likeness (QED) is 0.461. The number of hydrogen-bond donors (Lipinski definition) is 1. The van der Waals surface area contributed by atoms with Gasteiger partial charge in [-0.2, -0.15) is 0 Å². The minimum atomic E-state index is -0.225. The second-order valence-electron chi connectivity index (χ2n) is 8.63. The summed E-state index contributed by atoms with van der Waals surface area (Å²) in [5, 5.41) is 2.91. The molecule has 0 unspecified atom stereocenters. The van der Waals surface area contributed by atoms with Crippen molar-refractivity contribution >= 4 is 11.6 Å². The Bertz CT molecular complexity index is 1020. The average molecular weight is 433 g/mol. The molecule has 1 aliphatic carbocycles. The largest absolute Gasteiger partial charge is 0.497 e. The van der Waals surface area contributed by atoms with E-state index in [-0.39, 0.29) is 5.91 Å². The topological polar surface area (TPSA) is 54.7 Å². The Morgan fingerprint density at radius 3 is 2.56 bits per heavy atom. The van der Waals surface area contributed by atoms with Crippen molar-refractivity contribution in [1.29, 1.82) is 0 Å². The zero-order valence-electron chi connectivity index (χ0n) is 19.0. The number of hydrogen-bond acceptors (Lipinski definition) is 4. The van der Waals surface area contributed by atoms with Crippen LogP contribution >= 0.6 is 0 Å². The minimum Gasteiger partial charge on any atom is -0.497 e. The molecular formula is C27H32N2O3. The van der Waals surface area contributed by atoms with E-state index < -0.39 is 0 Å². The van der Waals surface area contributed by atoms with E-state index >= 15 is 0 Å². The average Bonchev–Trinajstić information content (AvgIpc) is 3.30. The SMILES string of the molecule is COc1cccc(CN(Cc2ccc(C(=O)Nc3ccc(C)cc3)o2)C2CCCCC2)c1. The van der Waals surface area contributed by atoms with E-state index in [2.05, 4.69) is 22.3 Å². The van der Waals surface area contributed by atoms with Gasteiger partial charge in [0.05, 0.1) is 13.7 Å². The molecule has 5 heteroatoms. The minimum absolute atomic E-state index is 0.225. The van der Waals surface area contributed by atoms with Gasteiger partial charge in [0.15, 0.2) is 5.76 Å². The van der Waals surface area contributed by atoms with Crippen LogP contribution in [-0.4, -0.2) is 24.0 Å². The summed E-state index contributed by atoms with van der Waals surface area (Å²) in [7, 11) is 1.70. The van der Waals surface area contributed by atoms with Crippen LogP contribution in [0.25, 0.3) is 0 Å². The van der Waals surface area contributed by atoms with Gasteiger partial charge in [0.2, 0.25) is 0 Å². The fraction of sp³-hybridized carbons (Fsp3) is 0.370. The predicted octanol–water partition coefficient (Wildman–Crippen LogP) is 6.18. The van der Waals surface area contributed by atoms with E-state index in [4.69, 9.17) is 9.15 Å². The van der Waals surface area contributed by atoms with Gasteiger partial charge in [-0.25, -0.2) is 0 Å². The molecule has 5 nitrogen and oxygen atoms in total. The highest BCUT2D eigenvalue weighted by molar-refractivity contribution is 6.02. The molecule has 3 aromatic rings. The maximum atomic E-state index is 12.6. The van der Waals surface area contributed by atoms with Crippen molar-refractivity contribution in [1.82, 2.24) is 4.90 Å². The van der Waals surface area contributed by atoms with Crippen LogP contribution in [0.15, 0.2) is 65.1 Å². The number of aryl methyl sites for hydroxylation is 1. The number of anilines is 1. The molecule has 1 heterocycles. The number of ether oxygens (including phenoxy) is 1. The lowest BCUT2D eigenvalue weighted by Crippen LogP contribution is -2.35. The molecule has 0 radical (unpaired) electrons. The monoisotopic (exact) mass is 432 g/mol. The standard InChI is InChI=1S/C27H32N2O3/c1-20-11-13-22(14-12-20)28-27(30)26-16-15-25(32-26)19-29(23-8-4-3-5-9-23)18-21-7-6-10-24(17-21)31-2/h6-7,10-17,23H,3-5,8-9,18-19H2,1-2H3,(H,28,30). The molecule has 1 saturated carbocycles. The Hall–Kier alpha value is -3.05. The predicted molar refractivity (Wildman–Crippen MR) is 127 cm³/mol. The number of benzene rings is 2. The number of nitrogens with one attached hydrogen (secondary N) is 1. The van der Waals surface area contributed by atoms with E-state index in [0.717, 1.165) is 29.3 Å². The van der Waals surface area contributed by atoms with E-state index in [1.807, 2.05) is 49.4 Å². The smallest absolute Gasteiger partial charge is 0.291 e. The molecule has 0 atom stereocenters. The number of carbonyl (C=O) groups is 1. The van der Waals surface area contributed by atoms with E-state index in [0.29, 0.717) is 18.3 Å². The number of methoxy groups -OCH3 is 1. The summed E-state index contributed by atoms with van der Waals surface area (Å²) >= 11 is 0. The summed E-state index contributed by atoms with van der Waals surface area (Å²) in [6, 6.07) is 20.2. The van der Waals surface area contributed by atoms with E-state index in [1.165, 1.54) is 37.7 Å². The first-order chi connectivity index (χ1) is 15.6. The second-order valence-corrected chi connectivity index (χ2v) is 8.63. The number of rotatable bonds is 8. The first-order valence-corrected chi connectivity index (χ1v) is 11.4. The molecule has 1 amide bonds. The maximum absolute atomic E-state index is 12.6. The van der Waals surface area contributed by atoms with Crippen LogP contribution in [0, 0.1) is 6.92 Å². The van der Waals surface area contributed by atoms with Crippen LogP contribution in [0.1, 0.15) is 59.5 Å². The summed E-state index contributed by atoms with van der Waals surface area (Å²) < 4.78 is 11.4. The van der Waals surface area contributed by atoms with Crippen molar-refractivity contribution in [2.24, 2.45) is 0 Å². The highest BCUT2D eigenvalue weighted by Gasteiger charge is 2.23. The molecule has 168 valence electrons. The first-order valence-electron chi connectivity index (χ1n) is 11.4. The molecule has 0 aliphatic heterocycles. The Balaban J connectivity index is 1.46. The zero-order chi connectivity index (χ0) is 22.3. The van der Waals surface area contributed by atoms with Crippen molar-refractivity contribution in [3.05, 3.63) is 83.3 Å². The lowest BCUT2D eigenvalue weighted by atomic mass is 9.93. The van der Waals surface area contributed by atoms with Gasteiger partial charge in [-0.05, 0) is 61.7 Å². The second kappa shape index (κ2) is 10.5. The van der Waals surface area contributed by atoms with Crippen molar-refractivity contribution < 1.29 is 13.9 Å². The fourth-order valence-corrected chi connectivity index (χ4v) is 4.38. The Morgan fingerprint density at radius 1 is 1.03 bits per heavy atom. The normalized spacial score (nSPS) is 14.5. The summed E-state index contributed by atoms with van der Waals surface area (Å²) in [6.45, 7) is 3.53. The summed E-state index contributed by atoms with van der Waals surface area (Å²) in [6.07, 6.45) is 6.24. The van der Waals surface area contributed by atoms with Crippen molar-refractivity contribution in [3.63, 3.8) is 0 Å². The summed E-state index contributed by atoms with van der Waals surface area (Å²) in [5.74, 6) is 1.80. The summed E-state index contributed by atoms with van der Waals surface area (Å²) in [5.41, 5.74) is 3.14. The molecular weight excluding hydrogens is 400 g/mol. The van der Waals surface area contributed by atoms with Crippen molar-refractivity contribution in [3.8, 4) is 5.75 Å².